The van der Waals surface area contributed by atoms with Gasteiger partial charge < -0.3 is 16.0 Å². The van der Waals surface area contributed by atoms with Crippen molar-refractivity contribution in [1.82, 2.24) is 15.1 Å². The highest BCUT2D eigenvalue weighted by atomic mass is 15.3. The predicted molar refractivity (Wildman–Crippen MR) is 76.8 cm³/mol. The molecule has 0 spiro atoms. The lowest BCUT2D eigenvalue weighted by Gasteiger charge is -2.43. The highest BCUT2D eigenvalue weighted by Gasteiger charge is 2.30. The molecular weight excluding hydrogens is 224 g/mol. The largest absolute Gasteiger partial charge is 0.328 e. The van der Waals surface area contributed by atoms with Gasteiger partial charge in [0.05, 0.1) is 0 Å². The molecule has 1 heterocycles. The Morgan fingerprint density at radius 1 is 1.17 bits per heavy atom. The molecule has 0 amide bonds. The zero-order chi connectivity index (χ0) is 13.2. The first kappa shape index (κ1) is 14.3. The molecule has 1 aliphatic carbocycles. The van der Waals surface area contributed by atoms with E-state index in [2.05, 4.69) is 36.0 Å². The maximum Gasteiger partial charge on any atom is 0.0278 e. The average molecular weight is 254 g/mol. The average Bonchev–Trinajstić information content (AvgIpc) is 2.73. The number of nitrogens with one attached hydrogen (secondary N) is 1. The van der Waals surface area contributed by atoms with Crippen LogP contribution in [0.3, 0.4) is 0 Å². The van der Waals surface area contributed by atoms with E-state index in [4.69, 9.17) is 5.73 Å². The zero-order valence-corrected chi connectivity index (χ0v) is 12.3. The number of likely N-dealkylation sites (N-methyl/N-ethyl adjacent to an activating group) is 1. The van der Waals surface area contributed by atoms with Gasteiger partial charge in [0.2, 0.25) is 0 Å². The van der Waals surface area contributed by atoms with Gasteiger partial charge in [0.25, 0.3) is 0 Å². The van der Waals surface area contributed by atoms with Gasteiger partial charge in [-0.25, -0.2) is 0 Å². The Kier molecular flexibility index (Phi) is 4.64. The molecule has 2 rings (SSSR count). The molecule has 4 nitrogen and oxygen atoms in total. The van der Waals surface area contributed by atoms with Crippen molar-refractivity contribution >= 4 is 0 Å². The number of piperazine rings is 1. The number of hydrogen-bond acceptors (Lipinski definition) is 4. The Balaban J connectivity index is 1.76. The van der Waals surface area contributed by atoms with Gasteiger partial charge in [-0.15, -0.1) is 0 Å². The van der Waals surface area contributed by atoms with Crippen molar-refractivity contribution in [1.29, 1.82) is 0 Å². The third-order valence-electron chi connectivity index (χ3n) is 4.66. The van der Waals surface area contributed by atoms with Gasteiger partial charge in [-0.05, 0) is 40.2 Å². The van der Waals surface area contributed by atoms with E-state index in [0.717, 1.165) is 13.0 Å². The predicted octanol–water partition coefficient (Wildman–Crippen LogP) is 0.482. The van der Waals surface area contributed by atoms with E-state index >= 15 is 0 Å². The van der Waals surface area contributed by atoms with Crippen molar-refractivity contribution in [2.24, 2.45) is 5.73 Å². The number of hydrogen-bond donors (Lipinski definition) is 2. The molecule has 2 fully saturated rings. The molecule has 2 aliphatic rings. The molecule has 0 bridgehead atoms. The molecule has 18 heavy (non-hydrogen) atoms. The van der Waals surface area contributed by atoms with Crippen LogP contribution in [0.15, 0.2) is 0 Å². The minimum absolute atomic E-state index is 0.258. The van der Waals surface area contributed by atoms with Gasteiger partial charge in [0, 0.05) is 50.3 Å². The molecule has 1 saturated heterocycles. The molecule has 4 heteroatoms. The van der Waals surface area contributed by atoms with Crippen molar-refractivity contribution < 1.29 is 0 Å². The summed E-state index contributed by atoms with van der Waals surface area (Å²) in [5, 5.41) is 3.73. The summed E-state index contributed by atoms with van der Waals surface area (Å²) in [6, 6.07) is 1.07. The van der Waals surface area contributed by atoms with E-state index in [0.29, 0.717) is 12.1 Å². The summed E-state index contributed by atoms with van der Waals surface area (Å²) in [5.41, 5.74) is 6.22. The van der Waals surface area contributed by atoms with Crippen LogP contribution in [-0.2, 0) is 0 Å². The van der Waals surface area contributed by atoms with Crippen LogP contribution in [0, 0.1) is 0 Å². The number of nitrogens with two attached hydrogens (primary N) is 1. The van der Waals surface area contributed by atoms with E-state index in [9.17, 15) is 0 Å². The molecular formula is C14H30N4. The SMILES string of the molecule is CN1CCN(C(C)(C)CNC2CCC(N)C2)CC1. The monoisotopic (exact) mass is 254 g/mol. The maximum atomic E-state index is 5.97. The summed E-state index contributed by atoms with van der Waals surface area (Å²) in [6.45, 7) is 10.6. The van der Waals surface area contributed by atoms with Crippen LogP contribution in [0.5, 0.6) is 0 Å². The quantitative estimate of drug-likeness (QED) is 0.766. The number of nitrogens with zero attached hydrogens (tertiary/aromatic N) is 2. The van der Waals surface area contributed by atoms with Crippen LogP contribution in [0.25, 0.3) is 0 Å². The van der Waals surface area contributed by atoms with Gasteiger partial charge in [-0.3, -0.25) is 4.90 Å². The first-order chi connectivity index (χ1) is 8.47. The van der Waals surface area contributed by atoms with Gasteiger partial charge >= 0.3 is 0 Å². The van der Waals surface area contributed by atoms with Crippen molar-refractivity contribution in [2.45, 2.75) is 50.7 Å². The van der Waals surface area contributed by atoms with Gasteiger partial charge in [-0.2, -0.15) is 0 Å². The highest BCUT2D eigenvalue weighted by molar-refractivity contribution is 4.90. The van der Waals surface area contributed by atoms with Crippen molar-refractivity contribution in [2.75, 3.05) is 39.8 Å². The van der Waals surface area contributed by atoms with Crippen LogP contribution in [0.1, 0.15) is 33.1 Å². The summed E-state index contributed by atoms with van der Waals surface area (Å²) in [6.07, 6.45) is 3.59. The van der Waals surface area contributed by atoms with Crippen LogP contribution in [-0.4, -0.2) is 67.2 Å². The van der Waals surface area contributed by atoms with E-state index in [1.165, 1.54) is 39.0 Å². The van der Waals surface area contributed by atoms with Crippen molar-refractivity contribution in [3.05, 3.63) is 0 Å². The Morgan fingerprint density at radius 3 is 2.39 bits per heavy atom. The summed E-state index contributed by atoms with van der Waals surface area (Å²) >= 11 is 0. The minimum atomic E-state index is 0.258. The summed E-state index contributed by atoms with van der Waals surface area (Å²) in [7, 11) is 2.21. The van der Waals surface area contributed by atoms with Gasteiger partial charge in [0.15, 0.2) is 0 Å². The Bertz CT molecular complexity index is 259. The topological polar surface area (TPSA) is 44.5 Å². The van der Waals surface area contributed by atoms with Crippen molar-refractivity contribution in [3.63, 3.8) is 0 Å². The summed E-state index contributed by atoms with van der Waals surface area (Å²) in [5.74, 6) is 0. The van der Waals surface area contributed by atoms with Crippen LogP contribution >= 0.6 is 0 Å². The molecule has 2 atom stereocenters. The lowest BCUT2D eigenvalue weighted by atomic mass is 10.0. The fraction of sp³-hybridized carbons (Fsp3) is 1.00. The van der Waals surface area contributed by atoms with E-state index in [1.807, 2.05) is 0 Å². The lowest BCUT2D eigenvalue weighted by Crippen LogP contribution is -2.58. The van der Waals surface area contributed by atoms with E-state index in [1.54, 1.807) is 0 Å². The minimum Gasteiger partial charge on any atom is -0.328 e. The van der Waals surface area contributed by atoms with E-state index < -0.39 is 0 Å². The smallest absolute Gasteiger partial charge is 0.0278 e. The maximum absolute atomic E-state index is 5.97. The van der Waals surface area contributed by atoms with E-state index in [-0.39, 0.29) is 5.54 Å². The van der Waals surface area contributed by atoms with Crippen molar-refractivity contribution in [3.8, 4) is 0 Å². The first-order valence-electron chi connectivity index (χ1n) is 7.40. The Morgan fingerprint density at radius 2 is 1.83 bits per heavy atom. The molecule has 1 aliphatic heterocycles. The molecule has 2 unspecified atom stereocenters. The van der Waals surface area contributed by atoms with Crippen LogP contribution in [0.4, 0.5) is 0 Å². The van der Waals surface area contributed by atoms with Gasteiger partial charge in [-0.1, -0.05) is 0 Å². The first-order valence-corrected chi connectivity index (χ1v) is 7.40. The van der Waals surface area contributed by atoms with Gasteiger partial charge in [0.1, 0.15) is 0 Å². The Hall–Kier alpha value is -0.160. The fourth-order valence-electron chi connectivity index (χ4n) is 3.12. The summed E-state index contributed by atoms with van der Waals surface area (Å²) in [4.78, 5) is 5.03. The van der Waals surface area contributed by atoms with Crippen LogP contribution in [0.2, 0.25) is 0 Å². The standard InChI is InChI=1S/C14H30N4/c1-14(2,18-8-6-17(3)7-9-18)11-16-13-5-4-12(15)10-13/h12-13,16H,4-11,15H2,1-3H3. The second kappa shape index (κ2) is 5.87. The number of rotatable bonds is 4. The molecule has 0 aromatic carbocycles. The molecule has 3 N–H and O–H groups in total. The Labute approximate surface area is 112 Å². The molecule has 1 saturated carbocycles. The molecule has 106 valence electrons. The zero-order valence-electron chi connectivity index (χ0n) is 12.3. The normalized spacial score (nSPS) is 32.0. The molecule has 0 aromatic heterocycles. The fourth-order valence-corrected chi connectivity index (χ4v) is 3.12. The second-order valence-electron chi connectivity index (χ2n) is 6.75. The third kappa shape index (κ3) is 3.67. The third-order valence-corrected chi connectivity index (χ3v) is 4.66. The lowest BCUT2D eigenvalue weighted by molar-refractivity contribution is 0.0602. The second-order valence-corrected chi connectivity index (χ2v) is 6.75. The molecule has 0 aromatic rings. The molecule has 0 radical (unpaired) electrons. The highest BCUT2D eigenvalue weighted by Crippen LogP contribution is 2.20. The summed E-state index contributed by atoms with van der Waals surface area (Å²) < 4.78 is 0. The van der Waals surface area contributed by atoms with Crippen LogP contribution < -0.4 is 11.1 Å².